The number of nitrogens with one attached hydrogen (secondary N) is 2. The normalized spacial score (nSPS) is 11.6. The van der Waals surface area contributed by atoms with Crippen LogP contribution in [0.5, 0.6) is 0 Å². The van der Waals surface area contributed by atoms with Gasteiger partial charge in [-0.2, -0.15) is 18.6 Å². The second-order valence-corrected chi connectivity index (χ2v) is 6.72. The van der Waals surface area contributed by atoms with Crippen molar-refractivity contribution in [3.63, 3.8) is 0 Å². The maximum absolute atomic E-state index is 15.1. The van der Waals surface area contributed by atoms with E-state index in [1.165, 1.54) is 24.3 Å². The lowest BCUT2D eigenvalue weighted by atomic mass is 10.0. The lowest BCUT2D eigenvalue weighted by Gasteiger charge is -2.19. The molecule has 7 heteroatoms. The molecule has 0 saturated heterocycles. The molecule has 2 aromatic heterocycles. The van der Waals surface area contributed by atoms with Gasteiger partial charge in [0.05, 0.1) is 11.2 Å². The van der Waals surface area contributed by atoms with Gasteiger partial charge in [-0.1, -0.05) is 42.0 Å². The highest BCUT2D eigenvalue weighted by molar-refractivity contribution is 5.90. The van der Waals surface area contributed by atoms with Gasteiger partial charge in [-0.3, -0.25) is 15.8 Å². The fraction of sp³-hybridized carbons (Fsp3) is 0.0909. The van der Waals surface area contributed by atoms with Gasteiger partial charge < -0.3 is 0 Å². The van der Waals surface area contributed by atoms with Crippen molar-refractivity contribution in [1.29, 1.82) is 10.8 Å². The van der Waals surface area contributed by atoms with Crippen LogP contribution in [-0.2, 0) is 5.92 Å². The van der Waals surface area contributed by atoms with E-state index in [2.05, 4.69) is 10.1 Å². The van der Waals surface area contributed by atoms with Gasteiger partial charge >= 0.3 is 5.92 Å². The summed E-state index contributed by atoms with van der Waals surface area (Å²) in [5.41, 5.74) is 2.13. The van der Waals surface area contributed by atoms with Gasteiger partial charge in [-0.25, -0.2) is 0 Å². The zero-order valence-electron chi connectivity index (χ0n) is 15.5. The molecular formula is C22H17F2N5. The molecule has 0 saturated carbocycles. The third kappa shape index (κ3) is 3.42. The molecule has 144 valence electrons. The number of aromatic nitrogens is 3. The smallest absolute Gasteiger partial charge is 0.283 e. The number of rotatable bonds is 3. The Kier molecular flexibility index (Phi) is 4.50. The van der Waals surface area contributed by atoms with E-state index in [0.717, 1.165) is 11.1 Å². The minimum absolute atomic E-state index is 0.298. The molecule has 2 N–H and O–H groups in total. The van der Waals surface area contributed by atoms with Crippen molar-refractivity contribution in [3.8, 4) is 11.3 Å². The van der Waals surface area contributed by atoms with Gasteiger partial charge in [0.15, 0.2) is 5.84 Å². The van der Waals surface area contributed by atoms with Gasteiger partial charge in [-0.05, 0) is 37.3 Å². The third-order valence-electron chi connectivity index (χ3n) is 4.66. The van der Waals surface area contributed by atoms with Crippen LogP contribution in [0.4, 0.5) is 8.78 Å². The van der Waals surface area contributed by atoms with Crippen molar-refractivity contribution in [2.24, 2.45) is 0 Å². The minimum atomic E-state index is -3.64. The molecule has 4 rings (SSSR count). The molecule has 0 bridgehead atoms. The Balaban J connectivity index is 1.76. The first-order valence-electron chi connectivity index (χ1n) is 8.91. The van der Waals surface area contributed by atoms with E-state index in [0.29, 0.717) is 21.3 Å². The predicted octanol–water partition coefficient (Wildman–Crippen LogP) is 4.50. The third-order valence-corrected chi connectivity index (χ3v) is 4.66. The van der Waals surface area contributed by atoms with Gasteiger partial charge in [-0.15, -0.1) is 0 Å². The highest BCUT2D eigenvalue weighted by Crippen LogP contribution is 2.31. The number of pyridine rings is 1. The Morgan fingerprint density at radius 3 is 2.52 bits per heavy atom. The Labute approximate surface area is 165 Å². The molecular weight excluding hydrogens is 372 g/mol. The number of benzene rings is 2. The predicted molar refractivity (Wildman–Crippen MR) is 107 cm³/mol. The number of aryl methyl sites for hydroxylation is 1. The van der Waals surface area contributed by atoms with Gasteiger partial charge in [0, 0.05) is 22.7 Å². The lowest BCUT2D eigenvalue weighted by molar-refractivity contribution is 0.0697. The van der Waals surface area contributed by atoms with E-state index in [9.17, 15) is 0 Å². The largest absolute Gasteiger partial charge is 0.331 e. The Bertz CT molecular complexity index is 1280. The first-order chi connectivity index (χ1) is 13.9. The second-order valence-electron chi connectivity index (χ2n) is 6.72. The summed E-state index contributed by atoms with van der Waals surface area (Å²) in [4.78, 5) is 4.13. The fourth-order valence-corrected chi connectivity index (χ4v) is 3.01. The molecule has 0 aliphatic heterocycles. The maximum Gasteiger partial charge on any atom is 0.331 e. The molecule has 4 aromatic rings. The highest BCUT2D eigenvalue weighted by atomic mass is 19.3. The van der Waals surface area contributed by atoms with Crippen LogP contribution in [0.1, 0.15) is 11.1 Å². The Morgan fingerprint density at radius 1 is 1.00 bits per heavy atom. The van der Waals surface area contributed by atoms with Crippen LogP contribution in [-0.4, -0.2) is 20.6 Å². The van der Waals surface area contributed by atoms with E-state index < -0.39 is 11.8 Å². The SMILES string of the molecule is Cc1ccc(-c2ccc(=N)n(C(=N)C(F)(F)c3ccc4ncccc4c3)n2)cc1. The highest BCUT2D eigenvalue weighted by Gasteiger charge is 2.39. The number of halogens is 2. The van der Waals surface area contributed by atoms with Crippen molar-refractivity contribution in [2.75, 3.05) is 0 Å². The molecule has 0 atom stereocenters. The molecule has 2 aromatic carbocycles. The zero-order valence-corrected chi connectivity index (χ0v) is 15.5. The molecule has 5 nitrogen and oxygen atoms in total. The van der Waals surface area contributed by atoms with Crippen LogP contribution in [0.25, 0.3) is 22.2 Å². The van der Waals surface area contributed by atoms with Crippen LogP contribution < -0.4 is 5.49 Å². The van der Waals surface area contributed by atoms with Crippen LogP contribution in [0.2, 0.25) is 0 Å². The van der Waals surface area contributed by atoms with E-state index in [-0.39, 0.29) is 11.1 Å². The molecule has 0 aliphatic carbocycles. The first kappa shape index (κ1) is 18.6. The van der Waals surface area contributed by atoms with E-state index >= 15 is 8.78 Å². The van der Waals surface area contributed by atoms with E-state index in [1.807, 2.05) is 31.2 Å². The number of hydrogen-bond donors (Lipinski definition) is 2. The van der Waals surface area contributed by atoms with Crippen molar-refractivity contribution in [1.82, 2.24) is 14.8 Å². The second kappa shape index (κ2) is 7.01. The van der Waals surface area contributed by atoms with Crippen molar-refractivity contribution in [2.45, 2.75) is 12.8 Å². The Hall–Kier alpha value is -3.74. The number of alkyl halides is 2. The van der Waals surface area contributed by atoms with E-state index in [1.54, 1.807) is 24.4 Å². The fourth-order valence-electron chi connectivity index (χ4n) is 3.01. The summed E-state index contributed by atoms with van der Waals surface area (Å²) >= 11 is 0. The summed E-state index contributed by atoms with van der Waals surface area (Å²) in [5, 5.41) is 20.8. The zero-order chi connectivity index (χ0) is 20.6. The van der Waals surface area contributed by atoms with Crippen molar-refractivity contribution >= 4 is 16.7 Å². The van der Waals surface area contributed by atoms with Crippen LogP contribution in [0.3, 0.4) is 0 Å². The van der Waals surface area contributed by atoms with Gasteiger partial charge in [0.2, 0.25) is 0 Å². The van der Waals surface area contributed by atoms with Crippen LogP contribution in [0, 0.1) is 17.7 Å². The van der Waals surface area contributed by atoms with Crippen molar-refractivity contribution < 1.29 is 8.78 Å². The average molecular weight is 389 g/mol. The topological polar surface area (TPSA) is 78.4 Å². The molecule has 29 heavy (non-hydrogen) atoms. The monoisotopic (exact) mass is 389 g/mol. The summed E-state index contributed by atoms with van der Waals surface area (Å²) in [5.74, 6) is -4.72. The number of hydrogen-bond acceptors (Lipinski definition) is 4. The molecule has 0 spiro atoms. The summed E-state index contributed by atoms with van der Waals surface area (Å²) in [7, 11) is 0. The number of fused-ring (bicyclic) bond motifs is 1. The molecule has 0 aliphatic rings. The lowest BCUT2D eigenvalue weighted by Crippen LogP contribution is -2.39. The molecule has 2 heterocycles. The van der Waals surface area contributed by atoms with E-state index in [4.69, 9.17) is 10.8 Å². The summed E-state index contributed by atoms with van der Waals surface area (Å²) in [6, 6.07) is 17.8. The molecule has 0 amide bonds. The average Bonchev–Trinajstić information content (AvgIpc) is 2.74. The number of nitrogens with zero attached hydrogens (tertiary/aromatic N) is 3. The van der Waals surface area contributed by atoms with Crippen molar-refractivity contribution in [3.05, 3.63) is 89.5 Å². The van der Waals surface area contributed by atoms with Gasteiger partial charge in [0.1, 0.15) is 5.49 Å². The van der Waals surface area contributed by atoms with Crippen LogP contribution in [0.15, 0.2) is 72.9 Å². The summed E-state index contributed by atoms with van der Waals surface area (Å²) in [6.07, 6.45) is 1.59. The standard InChI is InChI=1S/C22H17F2N5/c1-14-4-6-15(7-5-14)19-10-11-20(25)29(28-19)21(26)22(23,24)17-8-9-18-16(13-17)3-2-12-27-18/h2-13,25-26H,1H3. The quantitative estimate of drug-likeness (QED) is 0.400. The summed E-state index contributed by atoms with van der Waals surface area (Å²) < 4.78 is 31.0. The molecule has 0 radical (unpaired) electrons. The van der Waals surface area contributed by atoms with Crippen LogP contribution >= 0.6 is 0 Å². The summed E-state index contributed by atoms with van der Waals surface area (Å²) in [6.45, 7) is 1.94. The Morgan fingerprint density at radius 2 is 1.76 bits per heavy atom. The first-order valence-corrected chi connectivity index (χ1v) is 8.91. The maximum atomic E-state index is 15.1. The molecule has 0 fully saturated rings. The minimum Gasteiger partial charge on any atom is -0.283 e. The van der Waals surface area contributed by atoms with Gasteiger partial charge in [0.25, 0.3) is 0 Å². The molecule has 0 unspecified atom stereocenters.